The summed E-state index contributed by atoms with van der Waals surface area (Å²) in [5.41, 5.74) is 3.66. The van der Waals surface area contributed by atoms with Crippen molar-refractivity contribution in [2.24, 2.45) is 0 Å². The molecular weight excluding hydrogens is 447 g/mol. The highest BCUT2D eigenvalue weighted by atomic mass is 19.1. The van der Waals surface area contributed by atoms with Gasteiger partial charge in [-0.25, -0.2) is 4.39 Å². The lowest BCUT2D eigenvalue weighted by atomic mass is 9.97. The maximum absolute atomic E-state index is 14.7. The van der Waals surface area contributed by atoms with Gasteiger partial charge in [-0.15, -0.1) is 0 Å². The van der Waals surface area contributed by atoms with Gasteiger partial charge in [0.25, 0.3) is 0 Å². The van der Waals surface area contributed by atoms with Crippen molar-refractivity contribution in [1.82, 2.24) is 0 Å². The summed E-state index contributed by atoms with van der Waals surface area (Å²) in [5.74, 6) is 0.732. The number of hydrogen-bond acceptors (Lipinski definition) is 5. The SMILES string of the molecule is COC(=O)CCc1cccc(OCc2ccc(-c3cc(OC)ccc3F)c(COC(C)(C)C)c2)c1. The molecule has 3 aromatic rings. The Hall–Kier alpha value is -3.38. The summed E-state index contributed by atoms with van der Waals surface area (Å²) in [6.45, 7) is 6.62. The third-order valence-corrected chi connectivity index (χ3v) is 5.44. The summed E-state index contributed by atoms with van der Waals surface area (Å²) in [6, 6.07) is 18.2. The normalized spacial score (nSPS) is 11.3. The Bertz CT molecular complexity index is 1150. The molecule has 0 fully saturated rings. The highest BCUT2D eigenvalue weighted by Gasteiger charge is 2.16. The molecule has 186 valence electrons. The number of hydrogen-bond donors (Lipinski definition) is 0. The van der Waals surface area contributed by atoms with E-state index in [-0.39, 0.29) is 17.4 Å². The van der Waals surface area contributed by atoms with Crippen molar-refractivity contribution < 1.29 is 28.1 Å². The van der Waals surface area contributed by atoms with E-state index in [0.29, 0.717) is 43.1 Å². The van der Waals surface area contributed by atoms with Gasteiger partial charge in [-0.2, -0.15) is 0 Å². The van der Waals surface area contributed by atoms with Crippen LogP contribution in [0.25, 0.3) is 11.1 Å². The molecule has 0 saturated carbocycles. The van der Waals surface area contributed by atoms with Crippen molar-refractivity contribution in [3.8, 4) is 22.6 Å². The van der Waals surface area contributed by atoms with Crippen molar-refractivity contribution in [2.75, 3.05) is 14.2 Å². The summed E-state index contributed by atoms with van der Waals surface area (Å²) >= 11 is 0. The molecule has 0 atom stereocenters. The summed E-state index contributed by atoms with van der Waals surface area (Å²) in [4.78, 5) is 11.4. The van der Waals surface area contributed by atoms with Crippen molar-refractivity contribution in [3.05, 3.63) is 83.2 Å². The van der Waals surface area contributed by atoms with Crippen LogP contribution in [0.2, 0.25) is 0 Å². The molecule has 0 heterocycles. The van der Waals surface area contributed by atoms with Crippen LogP contribution in [-0.2, 0) is 33.9 Å². The average molecular weight is 481 g/mol. The minimum absolute atomic E-state index is 0.242. The molecule has 35 heavy (non-hydrogen) atoms. The molecular formula is C29H33FO5. The standard InChI is InChI=1S/C29H33FO5/c1-29(2,3)35-19-22-15-21(9-12-25(22)26-17-23(32-4)11-13-27(26)30)18-34-24-8-6-7-20(16-24)10-14-28(31)33-5/h6-9,11-13,15-17H,10,14,18-19H2,1-5H3. The minimum atomic E-state index is -0.346. The van der Waals surface area contributed by atoms with Crippen molar-refractivity contribution >= 4 is 5.97 Å². The van der Waals surface area contributed by atoms with E-state index in [1.165, 1.54) is 13.2 Å². The summed E-state index contributed by atoms with van der Waals surface area (Å²) < 4.78 is 36.8. The predicted octanol–water partition coefficient (Wildman–Crippen LogP) is 6.50. The van der Waals surface area contributed by atoms with Crippen molar-refractivity contribution in [1.29, 1.82) is 0 Å². The fourth-order valence-electron chi connectivity index (χ4n) is 3.56. The van der Waals surface area contributed by atoms with Gasteiger partial charge in [0, 0.05) is 12.0 Å². The number of methoxy groups -OCH3 is 2. The Kier molecular flexibility index (Phi) is 8.88. The maximum Gasteiger partial charge on any atom is 0.305 e. The third kappa shape index (κ3) is 7.82. The molecule has 0 aromatic heterocycles. The van der Waals surface area contributed by atoms with Gasteiger partial charge >= 0.3 is 5.97 Å². The number of carbonyl (C=O) groups excluding carboxylic acids is 1. The van der Waals surface area contributed by atoms with Gasteiger partial charge in [-0.1, -0.05) is 24.3 Å². The van der Waals surface area contributed by atoms with E-state index >= 15 is 0 Å². The molecule has 0 spiro atoms. The third-order valence-electron chi connectivity index (χ3n) is 5.44. The number of carbonyl (C=O) groups is 1. The first kappa shape index (κ1) is 26.2. The highest BCUT2D eigenvalue weighted by molar-refractivity contribution is 5.70. The van der Waals surface area contributed by atoms with E-state index in [1.807, 2.05) is 63.2 Å². The van der Waals surface area contributed by atoms with Crippen LogP contribution in [0.5, 0.6) is 11.5 Å². The molecule has 0 unspecified atom stereocenters. The van der Waals surface area contributed by atoms with Crippen LogP contribution < -0.4 is 9.47 Å². The van der Waals surface area contributed by atoms with E-state index in [0.717, 1.165) is 22.3 Å². The van der Waals surface area contributed by atoms with E-state index in [4.69, 9.17) is 18.9 Å². The van der Waals surface area contributed by atoms with Gasteiger partial charge in [0.05, 0.1) is 26.4 Å². The van der Waals surface area contributed by atoms with Crippen LogP contribution in [0.1, 0.15) is 43.9 Å². The van der Waals surface area contributed by atoms with Crippen molar-refractivity contribution in [2.45, 2.75) is 52.4 Å². The summed E-state index contributed by atoms with van der Waals surface area (Å²) in [6.07, 6.45) is 0.901. The fraction of sp³-hybridized carbons (Fsp3) is 0.345. The lowest BCUT2D eigenvalue weighted by Gasteiger charge is -2.21. The van der Waals surface area contributed by atoms with Gasteiger partial charge in [0.15, 0.2) is 0 Å². The van der Waals surface area contributed by atoms with Crippen LogP contribution in [0.15, 0.2) is 60.7 Å². The van der Waals surface area contributed by atoms with Gasteiger partial charge in [0.2, 0.25) is 0 Å². The molecule has 3 rings (SSSR count). The second-order valence-corrected chi connectivity index (χ2v) is 9.25. The molecule has 0 bridgehead atoms. The van der Waals surface area contributed by atoms with E-state index in [1.54, 1.807) is 19.2 Å². The second kappa shape index (κ2) is 11.8. The molecule has 0 N–H and O–H groups in total. The largest absolute Gasteiger partial charge is 0.497 e. The molecule has 3 aromatic carbocycles. The first-order valence-electron chi connectivity index (χ1n) is 11.6. The quantitative estimate of drug-likeness (QED) is 0.310. The lowest BCUT2D eigenvalue weighted by Crippen LogP contribution is -2.19. The fourth-order valence-corrected chi connectivity index (χ4v) is 3.56. The molecule has 0 radical (unpaired) electrons. The van der Waals surface area contributed by atoms with E-state index in [9.17, 15) is 9.18 Å². The summed E-state index contributed by atoms with van der Waals surface area (Å²) in [7, 11) is 2.95. The van der Waals surface area contributed by atoms with Crippen molar-refractivity contribution in [3.63, 3.8) is 0 Å². The zero-order chi connectivity index (χ0) is 25.4. The Morgan fingerprint density at radius 2 is 1.66 bits per heavy atom. The molecule has 0 amide bonds. The van der Waals surface area contributed by atoms with Crippen LogP contribution in [0, 0.1) is 5.82 Å². The second-order valence-electron chi connectivity index (χ2n) is 9.25. The summed E-state index contributed by atoms with van der Waals surface area (Å²) in [5, 5.41) is 0. The van der Waals surface area contributed by atoms with Crippen LogP contribution in [-0.4, -0.2) is 25.8 Å². The smallest absolute Gasteiger partial charge is 0.305 e. The predicted molar refractivity (Wildman–Crippen MR) is 134 cm³/mol. The molecule has 0 aliphatic rings. The van der Waals surface area contributed by atoms with Crippen LogP contribution in [0.4, 0.5) is 4.39 Å². The highest BCUT2D eigenvalue weighted by Crippen LogP contribution is 2.32. The molecule has 0 aliphatic carbocycles. The first-order valence-corrected chi connectivity index (χ1v) is 11.6. The minimum Gasteiger partial charge on any atom is -0.497 e. The Labute approximate surface area is 206 Å². The molecule has 6 heteroatoms. The Morgan fingerprint density at radius 1 is 0.857 bits per heavy atom. The van der Waals surface area contributed by atoms with E-state index in [2.05, 4.69) is 0 Å². The van der Waals surface area contributed by atoms with Crippen LogP contribution in [0.3, 0.4) is 0 Å². The number of benzene rings is 3. The first-order chi connectivity index (χ1) is 16.7. The van der Waals surface area contributed by atoms with Gasteiger partial charge < -0.3 is 18.9 Å². The molecule has 0 aliphatic heterocycles. The number of aryl methyl sites for hydroxylation is 1. The number of halogens is 1. The topological polar surface area (TPSA) is 54.0 Å². The Morgan fingerprint density at radius 3 is 2.37 bits per heavy atom. The van der Waals surface area contributed by atoms with Gasteiger partial charge in [-0.3, -0.25) is 4.79 Å². The average Bonchev–Trinajstić information content (AvgIpc) is 2.85. The van der Waals surface area contributed by atoms with Crippen LogP contribution >= 0.6 is 0 Å². The van der Waals surface area contributed by atoms with Gasteiger partial charge in [-0.05, 0) is 85.8 Å². The zero-order valence-electron chi connectivity index (χ0n) is 21.0. The molecule has 0 saturated heterocycles. The zero-order valence-corrected chi connectivity index (χ0v) is 21.0. The van der Waals surface area contributed by atoms with E-state index < -0.39 is 0 Å². The number of ether oxygens (including phenoxy) is 4. The lowest BCUT2D eigenvalue weighted by molar-refractivity contribution is -0.140. The number of rotatable bonds is 10. The number of esters is 1. The Balaban J connectivity index is 1.82. The maximum atomic E-state index is 14.7. The van der Waals surface area contributed by atoms with Gasteiger partial charge in [0.1, 0.15) is 23.9 Å². The molecule has 5 nitrogen and oxygen atoms in total. The monoisotopic (exact) mass is 480 g/mol.